The number of aromatic nitrogens is 1. The molecule has 1 aromatic heterocycles. The highest BCUT2D eigenvalue weighted by Crippen LogP contribution is 2.30. The minimum Gasteiger partial charge on any atom is -0.448 e. The smallest absolute Gasteiger partial charge is 0.411 e. The third kappa shape index (κ3) is 19.0. The zero-order chi connectivity index (χ0) is 49.3. The Kier molecular flexibility index (Phi) is 27.5. The van der Waals surface area contributed by atoms with Gasteiger partial charge in [0, 0.05) is 58.0 Å². The molecule has 8 unspecified atom stereocenters. The number of amides is 5. The zero-order valence-electron chi connectivity index (χ0n) is 41.5. The summed E-state index contributed by atoms with van der Waals surface area (Å²) in [6, 6.07) is 11.4. The number of carbonyl (C=O) groups excluding carboxylic acids is 5. The van der Waals surface area contributed by atoms with Crippen molar-refractivity contribution in [2.75, 3.05) is 72.7 Å². The summed E-state index contributed by atoms with van der Waals surface area (Å²) in [5, 5.41) is 9.53. The molecule has 2 aromatic rings. The van der Waals surface area contributed by atoms with Gasteiger partial charge in [-0.15, -0.1) is 0 Å². The first kappa shape index (κ1) is 58.2. The van der Waals surface area contributed by atoms with Crippen molar-refractivity contribution in [1.82, 2.24) is 30.3 Å². The lowest BCUT2D eigenvalue weighted by Gasteiger charge is -2.39. The number of hydrogen-bond donors (Lipinski definition) is 4. The number of rotatable bonds is 26. The van der Waals surface area contributed by atoms with E-state index in [0.29, 0.717) is 30.8 Å². The number of methoxy groups -OCH3 is 2. The number of hydrogen-bond acceptors (Lipinski definition) is 13. The fourth-order valence-corrected chi connectivity index (χ4v) is 9.91. The van der Waals surface area contributed by atoms with E-state index in [1.165, 1.54) is 17.2 Å². The topological polar surface area (TPSA) is 198 Å². The van der Waals surface area contributed by atoms with Gasteiger partial charge >= 0.3 is 6.09 Å². The predicted octanol–water partition coefficient (Wildman–Crippen LogP) is 6.10. The SMILES string of the molecule is CCC.CCC(C)C(C(CC(=O)N1CCCC1C(OC)C(C)C(=O)NC(CN)Cc1ccc(NC(=O)OCCSSc2ccccn2)cc1)OC)N(C)C(=O)CNC(=O)C(C(C)C)N(C)C. The van der Waals surface area contributed by atoms with Gasteiger partial charge in [-0.3, -0.25) is 29.4 Å². The first-order valence-corrected chi connectivity index (χ1v) is 25.6. The molecule has 18 heteroatoms. The summed E-state index contributed by atoms with van der Waals surface area (Å²) in [6.07, 6.45) is 3.86. The van der Waals surface area contributed by atoms with Gasteiger partial charge < -0.3 is 40.4 Å². The number of anilines is 1. The number of ether oxygens (including phenoxy) is 3. The number of pyridine rings is 1. The molecule has 0 bridgehead atoms. The summed E-state index contributed by atoms with van der Waals surface area (Å²) in [5.41, 5.74) is 7.64. The van der Waals surface area contributed by atoms with Crippen LogP contribution in [0.3, 0.4) is 0 Å². The molecule has 1 fully saturated rings. The maximum absolute atomic E-state index is 14.2. The van der Waals surface area contributed by atoms with E-state index in [9.17, 15) is 24.0 Å². The number of nitrogens with two attached hydrogens (primary N) is 1. The van der Waals surface area contributed by atoms with Crippen molar-refractivity contribution >= 4 is 57.0 Å². The van der Waals surface area contributed by atoms with Crippen molar-refractivity contribution in [1.29, 1.82) is 0 Å². The third-order valence-corrected chi connectivity index (χ3v) is 13.9. The molecule has 0 aliphatic carbocycles. The highest BCUT2D eigenvalue weighted by molar-refractivity contribution is 8.76. The average molecular weight is 961 g/mol. The summed E-state index contributed by atoms with van der Waals surface area (Å²) in [7, 11) is 11.5. The van der Waals surface area contributed by atoms with E-state index in [-0.39, 0.29) is 79.7 Å². The number of likely N-dealkylation sites (N-methyl/N-ethyl adjacent to an activating group) is 2. The van der Waals surface area contributed by atoms with Crippen molar-refractivity contribution in [3.8, 4) is 0 Å². The summed E-state index contributed by atoms with van der Waals surface area (Å²) >= 11 is 0. The first-order valence-electron chi connectivity index (χ1n) is 23.3. The maximum Gasteiger partial charge on any atom is 0.411 e. The van der Waals surface area contributed by atoms with Crippen LogP contribution < -0.4 is 21.7 Å². The summed E-state index contributed by atoms with van der Waals surface area (Å²) < 4.78 is 17.2. The van der Waals surface area contributed by atoms with Crippen molar-refractivity contribution in [2.24, 2.45) is 23.5 Å². The molecule has 0 radical (unpaired) electrons. The normalized spacial score (nSPS) is 16.8. The number of carbonyl (C=O) groups is 5. The quantitative estimate of drug-likeness (QED) is 0.0625. The van der Waals surface area contributed by atoms with E-state index in [4.69, 9.17) is 19.9 Å². The van der Waals surface area contributed by atoms with Gasteiger partial charge in [-0.25, -0.2) is 9.78 Å². The molecule has 66 heavy (non-hydrogen) atoms. The van der Waals surface area contributed by atoms with Gasteiger partial charge in [-0.1, -0.05) is 90.3 Å². The molecule has 1 aromatic carbocycles. The van der Waals surface area contributed by atoms with E-state index < -0.39 is 30.3 Å². The molecule has 0 saturated carbocycles. The van der Waals surface area contributed by atoms with Crippen molar-refractivity contribution < 1.29 is 38.2 Å². The van der Waals surface area contributed by atoms with Crippen LogP contribution in [0.2, 0.25) is 0 Å². The Bertz CT molecular complexity index is 1740. The summed E-state index contributed by atoms with van der Waals surface area (Å²) in [4.78, 5) is 76.3. The number of benzene rings is 1. The molecule has 1 saturated heterocycles. The Morgan fingerprint density at radius 1 is 0.955 bits per heavy atom. The molecular formula is C48H80N8O8S2. The highest BCUT2D eigenvalue weighted by Gasteiger charge is 2.42. The Morgan fingerprint density at radius 2 is 1.64 bits per heavy atom. The fraction of sp³-hybridized carbons (Fsp3) is 0.667. The zero-order valence-corrected chi connectivity index (χ0v) is 43.2. The molecule has 5 amide bonds. The second kappa shape index (κ2) is 31.2. The van der Waals surface area contributed by atoms with E-state index in [1.54, 1.807) is 67.1 Å². The van der Waals surface area contributed by atoms with Crippen molar-refractivity contribution in [3.05, 3.63) is 54.2 Å². The van der Waals surface area contributed by atoms with Crippen LogP contribution in [-0.4, -0.2) is 153 Å². The molecule has 16 nitrogen and oxygen atoms in total. The molecule has 372 valence electrons. The Balaban J connectivity index is 0.00000485. The Hall–Kier alpha value is -3.94. The van der Waals surface area contributed by atoms with Gasteiger partial charge in [0.15, 0.2) is 0 Å². The molecule has 1 aliphatic heterocycles. The number of nitrogens with one attached hydrogen (secondary N) is 3. The third-order valence-electron chi connectivity index (χ3n) is 11.7. The van der Waals surface area contributed by atoms with Gasteiger partial charge in [0.2, 0.25) is 23.6 Å². The van der Waals surface area contributed by atoms with Crippen LogP contribution in [-0.2, 0) is 39.8 Å². The molecule has 8 atom stereocenters. The van der Waals surface area contributed by atoms with Gasteiger partial charge in [-0.05, 0) is 85.8 Å². The van der Waals surface area contributed by atoms with Gasteiger partial charge in [0.1, 0.15) is 11.6 Å². The standard InChI is InChI=1S/C45H72N8O8S2.C3H8/c1-11-30(4)41(52(8)39(55)28-48-44(57)40(29(2)3)51(6)7)36(59-9)26-38(54)53-22-14-15-35(53)42(60-10)31(5)43(56)49-34(27-46)25-32-17-19-33(20-18-32)50-45(58)61-23-24-62-63-37-16-12-13-21-47-37;1-3-2/h12-13,16-21,29-31,34-36,40-42H,11,14-15,22-28,46H2,1-10H3,(H,48,57)(H,49,56)(H,50,58);3H2,1-2H3. The van der Waals surface area contributed by atoms with Gasteiger partial charge in [-0.2, -0.15) is 0 Å². The van der Waals surface area contributed by atoms with E-state index in [0.717, 1.165) is 23.4 Å². The van der Waals surface area contributed by atoms with Crippen LogP contribution in [0.1, 0.15) is 86.1 Å². The molecule has 1 aliphatic rings. The average Bonchev–Trinajstić information content (AvgIpc) is 3.78. The largest absolute Gasteiger partial charge is 0.448 e. The lowest BCUT2D eigenvalue weighted by atomic mass is 9.90. The van der Waals surface area contributed by atoms with Crippen LogP contribution in [0.5, 0.6) is 0 Å². The minimum absolute atomic E-state index is 0.0148. The minimum atomic E-state index is -0.619. The number of nitrogens with zero attached hydrogens (tertiary/aromatic N) is 4. The molecule has 5 N–H and O–H groups in total. The van der Waals surface area contributed by atoms with Crippen LogP contribution in [0, 0.1) is 17.8 Å². The van der Waals surface area contributed by atoms with E-state index in [2.05, 4.69) is 34.8 Å². The van der Waals surface area contributed by atoms with E-state index in [1.807, 2.05) is 77.0 Å². The highest BCUT2D eigenvalue weighted by atomic mass is 33.1. The predicted molar refractivity (Wildman–Crippen MR) is 266 cm³/mol. The van der Waals surface area contributed by atoms with Gasteiger partial charge in [0.05, 0.1) is 49.2 Å². The lowest BCUT2D eigenvalue weighted by Crippen LogP contribution is -2.55. The first-order chi connectivity index (χ1) is 31.5. The summed E-state index contributed by atoms with van der Waals surface area (Å²) in [6.45, 7) is 14.8. The van der Waals surface area contributed by atoms with Crippen LogP contribution in [0.4, 0.5) is 10.5 Å². The summed E-state index contributed by atoms with van der Waals surface area (Å²) in [5.74, 6) is -0.838. The number of likely N-dealkylation sites (tertiary alicyclic amines) is 1. The Morgan fingerprint density at radius 3 is 2.20 bits per heavy atom. The second-order valence-corrected chi connectivity index (χ2v) is 19.8. The lowest BCUT2D eigenvalue weighted by molar-refractivity contribution is -0.146. The molecule has 2 heterocycles. The van der Waals surface area contributed by atoms with Crippen molar-refractivity contribution in [2.45, 2.75) is 128 Å². The maximum atomic E-state index is 14.2. The van der Waals surface area contributed by atoms with E-state index >= 15 is 0 Å². The van der Waals surface area contributed by atoms with Crippen LogP contribution >= 0.6 is 21.6 Å². The van der Waals surface area contributed by atoms with Crippen molar-refractivity contribution in [3.63, 3.8) is 0 Å². The molecule has 3 rings (SSSR count). The monoisotopic (exact) mass is 961 g/mol. The molecular weight excluding hydrogens is 881 g/mol. The van der Waals surface area contributed by atoms with Crippen LogP contribution in [0.15, 0.2) is 53.7 Å². The Labute approximate surface area is 402 Å². The second-order valence-electron chi connectivity index (χ2n) is 17.4. The molecule has 0 spiro atoms. The van der Waals surface area contributed by atoms with Gasteiger partial charge in [0.25, 0.3) is 0 Å². The van der Waals surface area contributed by atoms with Crippen LogP contribution in [0.25, 0.3) is 0 Å². The fourth-order valence-electron chi connectivity index (χ4n) is 8.21.